The number of carbonyl (C=O) groups is 1. The van der Waals surface area contributed by atoms with Gasteiger partial charge in [0, 0.05) is 19.6 Å². The fraction of sp³-hybridized carbons (Fsp3) is 0.588. The van der Waals surface area contributed by atoms with Crippen molar-refractivity contribution in [2.45, 2.75) is 39.2 Å². The normalized spacial score (nSPS) is 23.1. The molecule has 1 atom stereocenters. The van der Waals surface area contributed by atoms with E-state index in [1.165, 1.54) is 0 Å². The summed E-state index contributed by atoms with van der Waals surface area (Å²) in [6.07, 6.45) is 3.46. The maximum atomic E-state index is 12.8. The van der Waals surface area contributed by atoms with E-state index in [9.17, 15) is 4.79 Å². The number of rotatable bonds is 3. The highest BCUT2D eigenvalue weighted by Gasteiger charge is 2.39. The van der Waals surface area contributed by atoms with Gasteiger partial charge in [0.15, 0.2) is 0 Å². The van der Waals surface area contributed by atoms with Crippen LogP contribution in [0.1, 0.15) is 33.1 Å². The molecule has 3 rings (SSSR count). The standard InChI is InChI=1S/C17H25N3O/c1-3-17(4-2)9-10-20(12-17)16(21)15-11-18-13-7-5-6-8-14(13)19-15/h5-8,15,18-19H,3-4,9-12H2,1-2H3. The lowest BCUT2D eigenvalue weighted by Crippen LogP contribution is -2.47. The summed E-state index contributed by atoms with van der Waals surface area (Å²) in [6.45, 7) is 6.97. The predicted molar refractivity (Wildman–Crippen MR) is 86.6 cm³/mol. The maximum absolute atomic E-state index is 12.8. The van der Waals surface area contributed by atoms with Gasteiger partial charge in [0.25, 0.3) is 0 Å². The number of para-hydroxylation sites is 2. The van der Waals surface area contributed by atoms with Gasteiger partial charge in [0.05, 0.1) is 11.4 Å². The van der Waals surface area contributed by atoms with Crippen LogP contribution in [0.5, 0.6) is 0 Å². The van der Waals surface area contributed by atoms with Gasteiger partial charge >= 0.3 is 0 Å². The van der Waals surface area contributed by atoms with E-state index in [1.807, 2.05) is 24.3 Å². The van der Waals surface area contributed by atoms with Gasteiger partial charge in [0.2, 0.25) is 5.91 Å². The lowest BCUT2D eigenvalue weighted by atomic mass is 9.82. The van der Waals surface area contributed by atoms with Crippen molar-refractivity contribution in [1.82, 2.24) is 4.90 Å². The number of likely N-dealkylation sites (tertiary alicyclic amines) is 1. The minimum absolute atomic E-state index is 0.149. The number of nitrogens with one attached hydrogen (secondary N) is 2. The Morgan fingerprint density at radius 2 is 2.00 bits per heavy atom. The second-order valence-corrected chi connectivity index (χ2v) is 6.34. The molecule has 4 heteroatoms. The van der Waals surface area contributed by atoms with Gasteiger partial charge in [-0.05, 0) is 36.8 Å². The molecular formula is C17H25N3O. The van der Waals surface area contributed by atoms with Crippen molar-refractivity contribution >= 4 is 17.3 Å². The van der Waals surface area contributed by atoms with Crippen molar-refractivity contribution in [3.05, 3.63) is 24.3 Å². The summed E-state index contributed by atoms with van der Waals surface area (Å²) in [5, 5.41) is 6.74. The van der Waals surface area contributed by atoms with Crippen LogP contribution in [0.4, 0.5) is 11.4 Å². The quantitative estimate of drug-likeness (QED) is 0.898. The molecule has 2 aliphatic heterocycles. The van der Waals surface area contributed by atoms with Crippen molar-refractivity contribution in [1.29, 1.82) is 0 Å². The third-order valence-corrected chi connectivity index (χ3v) is 5.30. The molecule has 1 amide bonds. The molecule has 2 heterocycles. The lowest BCUT2D eigenvalue weighted by Gasteiger charge is -2.32. The molecule has 2 aliphatic rings. The topological polar surface area (TPSA) is 44.4 Å². The van der Waals surface area contributed by atoms with Gasteiger partial charge in [-0.15, -0.1) is 0 Å². The minimum Gasteiger partial charge on any atom is -0.381 e. The first-order valence-electron chi connectivity index (χ1n) is 8.06. The summed E-state index contributed by atoms with van der Waals surface area (Å²) >= 11 is 0. The van der Waals surface area contributed by atoms with Gasteiger partial charge in [-0.2, -0.15) is 0 Å². The Kier molecular flexibility index (Phi) is 3.79. The van der Waals surface area contributed by atoms with Gasteiger partial charge in [0.1, 0.15) is 6.04 Å². The highest BCUT2D eigenvalue weighted by molar-refractivity contribution is 5.88. The van der Waals surface area contributed by atoms with E-state index >= 15 is 0 Å². The number of hydrogen-bond donors (Lipinski definition) is 2. The van der Waals surface area contributed by atoms with Crippen LogP contribution in [0.3, 0.4) is 0 Å². The number of nitrogens with zero attached hydrogens (tertiary/aromatic N) is 1. The molecule has 114 valence electrons. The van der Waals surface area contributed by atoms with Crippen LogP contribution in [-0.2, 0) is 4.79 Å². The summed E-state index contributed by atoms with van der Waals surface area (Å²) in [4.78, 5) is 14.8. The Morgan fingerprint density at radius 1 is 1.29 bits per heavy atom. The van der Waals surface area contributed by atoms with E-state index in [0.717, 1.165) is 43.7 Å². The Bertz CT molecular complexity index is 525. The van der Waals surface area contributed by atoms with Crippen LogP contribution in [0.25, 0.3) is 0 Å². The molecule has 0 radical (unpaired) electrons. The number of amides is 1. The number of carbonyl (C=O) groups excluding carboxylic acids is 1. The van der Waals surface area contributed by atoms with Crippen LogP contribution in [0.2, 0.25) is 0 Å². The zero-order valence-electron chi connectivity index (χ0n) is 13.0. The molecule has 0 spiro atoms. The Labute approximate surface area is 126 Å². The zero-order chi connectivity index (χ0) is 14.9. The van der Waals surface area contributed by atoms with E-state index in [2.05, 4.69) is 29.4 Å². The molecule has 1 saturated heterocycles. The first-order valence-corrected chi connectivity index (χ1v) is 8.06. The first kappa shape index (κ1) is 14.2. The molecule has 0 saturated carbocycles. The van der Waals surface area contributed by atoms with Gasteiger partial charge in [-0.25, -0.2) is 0 Å². The first-order chi connectivity index (χ1) is 10.2. The maximum Gasteiger partial charge on any atom is 0.246 e. The predicted octanol–water partition coefficient (Wildman–Crippen LogP) is 2.93. The zero-order valence-corrected chi connectivity index (χ0v) is 13.0. The Hall–Kier alpha value is -1.71. The van der Waals surface area contributed by atoms with E-state index in [-0.39, 0.29) is 11.9 Å². The van der Waals surface area contributed by atoms with Gasteiger partial charge < -0.3 is 15.5 Å². The van der Waals surface area contributed by atoms with Crippen LogP contribution < -0.4 is 10.6 Å². The molecule has 1 fully saturated rings. The molecule has 4 nitrogen and oxygen atoms in total. The van der Waals surface area contributed by atoms with Gasteiger partial charge in [-0.1, -0.05) is 26.0 Å². The summed E-state index contributed by atoms with van der Waals surface area (Å²) in [7, 11) is 0. The second-order valence-electron chi connectivity index (χ2n) is 6.34. The monoisotopic (exact) mass is 287 g/mol. The molecule has 0 aliphatic carbocycles. The molecule has 1 aromatic rings. The van der Waals surface area contributed by atoms with E-state index in [0.29, 0.717) is 12.0 Å². The van der Waals surface area contributed by atoms with Crippen molar-refractivity contribution in [2.75, 3.05) is 30.3 Å². The Morgan fingerprint density at radius 3 is 2.67 bits per heavy atom. The SMILES string of the molecule is CCC1(CC)CCN(C(=O)C2CNc3ccccc3N2)C1. The third kappa shape index (κ3) is 2.59. The average Bonchev–Trinajstić information content (AvgIpc) is 2.99. The van der Waals surface area contributed by atoms with Crippen molar-refractivity contribution in [2.24, 2.45) is 5.41 Å². The van der Waals surface area contributed by atoms with Crippen LogP contribution in [0.15, 0.2) is 24.3 Å². The average molecular weight is 287 g/mol. The van der Waals surface area contributed by atoms with Gasteiger partial charge in [-0.3, -0.25) is 4.79 Å². The second kappa shape index (κ2) is 5.58. The van der Waals surface area contributed by atoms with Crippen molar-refractivity contribution < 1.29 is 4.79 Å². The number of hydrogen-bond acceptors (Lipinski definition) is 3. The smallest absolute Gasteiger partial charge is 0.246 e. The van der Waals surface area contributed by atoms with Crippen molar-refractivity contribution in [3.8, 4) is 0 Å². The fourth-order valence-corrected chi connectivity index (χ4v) is 3.53. The summed E-state index contributed by atoms with van der Waals surface area (Å²) in [6, 6.07) is 7.92. The number of benzene rings is 1. The molecule has 1 unspecified atom stereocenters. The minimum atomic E-state index is -0.149. The molecule has 2 N–H and O–H groups in total. The van der Waals surface area contributed by atoms with Crippen molar-refractivity contribution in [3.63, 3.8) is 0 Å². The van der Waals surface area contributed by atoms with E-state index in [4.69, 9.17) is 0 Å². The molecule has 0 bridgehead atoms. The summed E-state index contributed by atoms with van der Waals surface area (Å²) in [5.74, 6) is 0.237. The highest BCUT2D eigenvalue weighted by atomic mass is 16.2. The molecule has 1 aromatic carbocycles. The number of fused-ring (bicyclic) bond motifs is 1. The summed E-state index contributed by atoms with van der Waals surface area (Å²) in [5.41, 5.74) is 2.45. The number of anilines is 2. The van der Waals surface area contributed by atoms with Crippen LogP contribution in [-0.4, -0.2) is 36.5 Å². The van der Waals surface area contributed by atoms with E-state index < -0.39 is 0 Å². The molecular weight excluding hydrogens is 262 g/mol. The summed E-state index contributed by atoms with van der Waals surface area (Å²) < 4.78 is 0. The van der Waals surface area contributed by atoms with Crippen LogP contribution in [0, 0.1) is 5.41 Å². The Balaban J connectivity index is 1.68. The largest absolute Gasteiger partial charge is 0.381 e. The molecule has 21 heavy (non-hydrogen) atoms. The highest BCUT2D eigenvalue weighted by Crippen LogP contribution is 2.37. The van der Waals surface area contributed by atoms with Crippen LogP contribution >= 0.6 is 0 Å². The lowest BCUT2D eigenvalue weighted by molar-refractivity contribution is -0.131. The van der Waals surface area contributed by atoms with E-state index in [1.54, 1.807) is 0 Å². The molecule has 0 aromatic heterocycles. The third-order valence-electron chi connectivity index (χ3n) is 5.30. The fourth-order valence-electron chi connectivity index (χ4n) is 3.53.